The minimum Gasteiger partial charge on any atom is -0.389 e. The molecule has 17 heteroatoms. The number of nitrogens with one attached hydrogen (secondary N) is 1. The van der Waals surface area contributed by atoms with Crippen LogP contribution in [0.5, 0.6) is 0 Å². The molecule has 0 spiro atoms. The van der Waals surface area contributed by atoms with Gasteiger partial charge in [0.25, 0.3) is 0 Å². The smallest absolute Gasteiger partial charge is 0.350 e. The molecule has 0 aliphatic carbocycles. The molecule has 0 bridgehead atoms. The molecule has 5 heterocycles. The molecule has 0 unspecified atom stereocenters. The quantitative estimate of drug-likeness (QED) is 0.151. The van der Waals surface area contributed by atoms with Gasteiger partial charge in [-0.15, -0.1) is 0 Å². The van der Waals surface area contributed by atoms with Crippen molar-refractivity contribution in [3.63, 3.8) is 0 Å². The number of aliphatic hydroxyl groups is 1. The molecule has 0 atom stereocenters. The van der Waals surface area contributed by atoms with Crippen molar-refractivity contribution in [3.8, 4) is 11.4 Å². The highest BCUT2D eigenvalue weighted by Gasteiger charge is 2.32. The number of H-pyrrole nitrogens is 1. The van der Waals surface area contributed by atoms with Crippen LogP contribution in [0.1, 0.15) is 29.1 Å². The van der Waals surface area contributed by atoms with Gasteiger partial charge < -0.3 is 29.4 Å². The molecule has 0 radical (unpaired) electrons. The Balaban J connectivity index is 0.000000205. The van der Waals surface area contributed by atoms with E-state index < -0.39 is 5.60 Å². The number of halogens is 3. The highest BCUT2D eigenvalue weighted by Crippen LogP contribution is 2.25. The van der Waals surface area contributed by atoms with Crippen LogP contribution in [-0.4, -0.2) is 112 Å². The third-order valence-electron chi connectivity index (χ3n) is 10.5. The van der Waals surface area contributed by atoms with Gasteiger partial charge in [-0.05, 0) is 125 Å². The molecule has 3 aliphatic heterocycles. The topological polar surface area (TPSA) is 136 Å². The van der Waals surface area contributed by atoms with E-state index in [1.54, 1.807) is 13.8 Å². The molecule has 0 saturated carbocycles. The lowest BCUT2D eigenvalue weighted by Gasteiger charge is -2.37. The SMILES string of the molecule is CC(C)(O)Cn1ncn(-c2ccc(N3CCN(c4ccc(Br)cc4)CC3)cc2)c1=O.CC1(C)CO1.CF.O=c1[nH]ncn1-c1ccc(N2CCN(c3ccc(Br)cc3)CC2)cc1.[HH]. The molecule has 2 N–H and O–H groups in total. The van der Waals surface area contributed by atoms with Crippen molar-refractivity contribution in [1.82, 2.24) is 29.1 Å². The third kappa shape index (κ3) is 12.7. The molecular weight excluding hydrogens is 923 g/mol. The fourth-order valence-electron chi connectivity index (χ4n) is 6.96. The maximum Gasteiger partial charge on any atom is 0.350 e. The molecule has 332 valence electrons. The Kier molecular flexibility index (Phi) is 15.5. The van der Waals surface area contributed by atoms with Crippen LogP contribution in [0.25, 0.3) is 11.4 Å². The van der Waals surface area contributed by atoms with Crippen molar-refractivity contribution in [2.75, 3.05) is 85.7 Å². The lowest BCUT2D eigenvalue weighted by molar-refractivity contribution is 0.0564. The summed E-state index contributed by atoms with van der Waals surface area (Å²) in [5.74, 6) is 0. The molecule has 3 aliphatic rings. The zero-order valence-corrected chi connectivity index (χ0v) is 39.0. The van der Waals surface area contributed by atoms with Crippen molar-refractivity contribution in [3.05, 3.63) is 140 Å². The lowest BCUT2D eigenvalue weighted by Crippen LogP contribution is -2.46. The van der Waals surface area contributed by atoms with E-state index >= 15 is 0 Å². The average Bonchev–Trinajstić information content (AvgIpc) is 3.61. The van der Waals surface area contributed by atoms with E-state index in [4.69, 9.17) is 4.74 Å². The Labute approximate surface area is 379 Å². The normalized spacial score (nSPS) is 15.7. The van der Waals surface area contributed by atoms with Crippen molar-refractivity contribution in [1.29, 1.82) is 0 Å². The first-order valence-corrected chi connectivity index (χ1v) is 22.0. The molecule has 2 aromatic heterocycles. The van der Waals surface area contributed by atoms with Gasteiger partial charge in [-0.2, -0.15) is 10.2 Å². The van der Waals surface area contributed by atoms with Gasteiger partial charge in [0, 0.05) is 85.5 Å². The highest BCUT2D eigenvalue weighted by atomic mass is 79.9. The third-order valence-corrected chi connectivity index (χ3v) is 11.5. The second-order valence-electron chi connectivity index (χ2n) is 16.3. The van der Waals surface area contributed by atoms with Crippen LogP contribution in [-0.2, 0) is 11.3 Å². The Bertz CT molecular complexity index is 2410. The molecule has 6 aromatic rings. The van der Waals surface area contributed by atoms with Crippen molar-refractivity contribution in [2.24, 2.45) is 0 Å². The minimum absolute atomic E-state index is 0. The Morgan fingerprint density at radius 1 is 0.645 bits per heavy atom. The number of rotatable bonds is 8. The summed E-state index contributed by atoms with van der Waals surface area (Å²) in [4.78, 5) is 33.7. The first-order chi connectivity index (χ1) is 29.7. The van der Waals surface area contributed by atoms with E-state index in [9.17, 15) is 19.1 Å². The van der Waals surface area contributed by atoms with Gasteiger partial charge in [-0.25, -0.2) is 28.5 Å². The van der Waals surface area contributed by atoms with Crippen molar-refractivity contribution >= 4 is 54.6 Å². The average molecular weight is 981 g/mol. The summed E-state index contributed by atoms with van der Waals surface area (Å²) in [6.07, 6.45) is 2.99. The van der Waals surface area contributed by atoms with Crippen molar-refractivity contribution < 1.29 is 15.7 Å². The highest BCUT2D eigenvalue weighted by molar-refractivity contribution is 9.10. The second-order valence-corrected chi connectivity index (χ2v) is 18.1. The van der Waals surface area contributed by atoms with E-state index in [0.717, 1.165) is 85.0 Å². The van der Waals surface area contributed by atoms with E-state index in [-0.39, 0.29) is 25.0 Å². The Morgan fingerprint density at radius 2 is 0.968 bits per heavy atom. The van der Waals surface area contributed by atoms with Gasteiger partial charge in [-0.3, -0.25) is 4.39 Å². The first-order valence-electron chi connectivity index (χ1n) is 20.4. The van der Waals surface area contributed by atoms with Gasteiger partial charge in [-0.1, -0.05) is 31.9 Å². The van der Waals surface area contributed by atoms with E-state index in [1.807, 2.05) is 36.4 Å². The molecule has 9 rings (SSSR count). The number of hydrogen-bond donors (Lipinski definition) is 2. The second kappa shape index (κ2) is 20.8. The summed E-state index contributed by atoms with van der Waals surface area (Å²) < 4.78 is 20.9. The van der Waals surface area contributed by atoms with Gasteiger partial charge in [0.2, 0.25) is 0 Å². The largest absolute Gasteiger partial charge is 0.389 e. The predicted molar refractivity (Wildman–Crippen MR) is 255 cm³/mol. The molecule has 3 saturated heterocycles. The molecule has 14 nitrogen and oxygen atoms in total. The zero-order valence-electron chi connectivity index (χ0n) is 35.8. The van der Waals surface area contributed by atoms with Gasteiger partial charge >= 0.3 is 11.4 Å². The number of aromatic nitrogens is 6. The van der Waals surface area contributed by atoms with E-state index in [0.29, 0.717) is 7.18 Å². The maximum absolute atomic E-state index is 12.6. The summed E-state index contributed by atoms with van der Waals surface area (Å²) >= 11 is 6.97. The lowest BCUT2D eigenvalue weighted by atomic mass is 10.1. The number of aromatic amines is 1. The van der Waals surface area contributed by atoms with Gasteiger partial charge in [0.05, 0.1) is 42.9 Å². The molecular formula is C45H57Br2FN10O4. The number of epoxide rings is 1. The number of nitrogens with zero attached hydrogens (tertiary/aromatic N) is 9. The Morgan fingerprint density at radius 3 is 1.27 bits per heavy atom. The van der Waals surface area contributed by atoms with Crippen LogP contribution in [0.15, 0.2) is 128 Å². The fourth-order valence-corrected chi connectivity index (χ4v) is 7.49. The zero-order chi connectivity index (χ0) is 44.4. The molecule has 4 aromatic carbocycles. The monoisotopic (exact) mass is 978 g/mol. The van der Waals surface area contributed by atoms with Crippen LogP contribution in [0.2, 0.25) is 0 Å². The summed E-state index contributed by atoms with van der Waals surface area (Å²) in [5, 5.41) is 20.2. The van der Waals surface area contributed by atoms with Crippen LogP contribution in [0.4, 0.5) is 27.1 Å². The summed E-state index contributed by atoms with van der Waals surface area (Å²) in [6.45, 7) is 16.3. The van der Waals surface area contributed by atoms with Gasteiger partial charge in [0.15, 0.2) is 0 Å². The number of anilines is 4. The van der Waals surface area contributed by atoms with Crippen molar-refractivity contribution in [2.45, 2.75) is 45.4 Å². The fraction of sp³-hybridized carbons (Fsp3) is 0.378. The number of piperazine rings is 2. The van der Waals surface area contributed by atoms with Crippen LogP contribution in [0, 0.1) is 0 Å². The summed E-state index contributed by atoms with van der Waals surface area (Å²) in [5.41, 5.74) is 5.18. The van der Waals surface area contributed by atoms with E-state index in [2.05, 4.69) is 141 Å². The van der Waals surface area contributed by atoms with Crippen LogP contribution < -0.4 is 31.0 Å². The minimum atomic E-state index is -0.995. The van der Waals surface area contributed by atoms with Crippen LogP contribution >= 0.6 is 31.9 Å². The molecule has 0 amide bonds. The number of benzene rings is 4. The molecule has 62 heavy (non-hydrogen) atoms. The number of alkyl halides is 1. The molecule has 3 fully saturated rings. The first kappa shape index (κ1) is 46.3. The van der Waals surface area contributed by atoms with Gasteiger partial charge in [0.1, 0.15) is 12.7 Å². The summed E-state index contributed by atoms with van der Waals surface area (Å²) in [7, 11) is 0.500. The standard InChI is InChI=1S/C22H26BrN5O2.C18H18BrN5O.C4H8O.CH3F.H2/c1-22(2,30)15-28-21(29)27(16-24-28)20-9-7-19(8-10-20)26-13-11-25(12-14-26)18-5-3-17(23)4-6-18;19-14-1-3-15(4-2-14)22-9-11-23(12-10-22)16-5-7-17(8-6-16)24-13-20-21-18(24)25;1-4(2)3-5-4;1-2;/h3-10,16,30H,11-15H2,1-2H3;1-8,13H,9-12H2,(H,21,25);3H2,1-2H3;1H3;1H. The maximum atomic E-state index is 12.6. The summed E-state index contributed by atoms with van der Waals surface area (Å²) in [6, 6.07) is 32.9. The number of ether oxygens (including phenoxy) is 1. The Hall–Kier alpha value is -5.23. The van der Waals surface area contributed by atoms with Crippen LogP contribution in [0.3, 0.4) is 0 Å². The number of hydrogen-bond acceptors (Lipinski definition) is 10. The van der Waals surface area contributed by atoms with E-state index in [1.165, 1.54) is 43.5 Å². The predicted octanol–water partition coefficient (Wildman–Crippen LogP) is 7.17.